The van der Waals surface area contributed by atoms with Crippen molar-refractivity contribution in [1.29, 1.82) is 0 Å². The maximum Gasteiger partial charge on any atom is 0.257 e. The quantitative estimate of drug-likeness (QED) is 0.388. The maximum absolute atomic E-state index is 12.7. The Bertz CT molecular complexity index is 1400. The molecule has 2 heterocycles. The van der Waals surface area contributed by atoms with Crippen LogP contribution in [0.15, 0.2) is 71.1 Å². The molecule has 2 aromatic heterocycles. The van der Waals surface area contributed by atoms with E-state index in [1.54, 1.807) is 24.3 Å². The Balaban J connectivity index is 1.34. The number of hydrogen-bond acceptors (Lipinski definition) is 6. The number of amides is 1. The molecule has 0 radical (unpaired) electrons. The highest BCUT2D eigenvalue weighted by Crippen LogP contribution is 2.29. The van der Waals surface area contributed by atoms with Gasteiger partial charge < -0.3 is 4.42 Å². The van der Waals surface area contributed by atoms with Gasteiger partial charge in [0.25, 0.3) is 5.91 Å². The minimum atomic E-state index is -0.214. The van der Waals surface area contributed by atoms with Gasteiger partial charge in [0.2, 0.25) is 11.8 Å². The highest BCUT2D eigenvalue weighted by molar-refractivity contribution is 7.22. The fourth-order valence-electron chi connectivity index (χ4n) is 3.33. The molecule has 152 valence electrons. The lowest BCUT2D eigenvalue weighted by Crippen LogP contribution is -2.11. The number of carbonyl (C=O) groups excluding carboxylic acids is 1. The van der Waals surface area contributed by atoms with Crippen LogP contribution >= 0.6 is 11.3 Å². The Kier molecular flexibility index (Phi) is 4.80. The maximum atomic E-state index is 12.7. The first-order valence-corrected chi connectivity index (χ1v) is 10.6. The molecular formula is C24H18N4O2S. The van der Waals surface area contributed by atoms with Crippen LogP contribution in [0, 0.1) is 13.8 Å². The SMILES string of the molecule is Cc1ccccc1-c1nnc(-c2ccc(C(=O)Nc3nc4c(C)cccc4s3)cc2)o1. The van der Waals surface area contributed by atoms with Crippen molar-refractivity contribution in [2.45, 2.75) is 13.8 Å². The molecule has 0 bridgehead atoms. The molecule has 0 unspecified atom stereocenters. The molecule has 6 nitrogen and oxygen atoms in total. The van der Waals surface area contributed by atoms with Crippen molar-refractivity contribution in [1.82, 2.24) is 15.2 Å². The normalized spacial score (nSPS) is 11.0. The molecular weight excluding hydrogens is 408 g/mol. The number of nitrogens with zero attached hydrogens (tertiary/aromatic N) is 3. The average Bonchev–Trinajstić information content (AvgIpc) is 3.42. The van der Waals surface area contributed by atoms with Gasteiger partial charge >= 0.3 is 0 Å². The van der Waals surface area contributed by atoms with Gasteiger partial charge in [0.05, 0.1) is 10.2 Å². The Labute approximate surface area is 182 Å². The number of para-hydroxylation sites is 1. The largest absolute Gasteiger partial charge is 0.416 e. The topological polar surface area (TPSA) is 80.9 Å². The van der Waals surface area contributed by atoms with E-state index in [9.17, 15) is 4.79 Å². The van der Waals surface area contributed by atoms with Crippen LogP contribution in [-0.2, 0) is 0 Å². The lowest BCUT2D eigenvalue weighted by molar-refractivity contribution is 0.102. The fourth-order valence-corrected chi connectivity index (χ4v) is 4.27. The second-order valence-corrected chi connectivity index (χ2v) is 8.23. The molecule has 0 saturated heterocycles. The average molecular weight is 427 g/mol. The summed E-state index contributed by atoms with van der Waals surface area (Å²) < 4.78 is 6.89. The molecule has 5 rings (SSSR count). The summed E-state index contributed by atoms with van der Waals surface area (Å²) in [5.41, 5.74) is 5.25. The molecule has 0 aliphatic carbocycles. The van der Waals surface area contributed by atoms with Crippen molar-refractivity contribution in [2.24, 2.45) is 0 Å². The highest BCUT2D eigenvalue weighted by atomic mass is 32.1. The van der Waals surface area contributed by atoms with E-state index in [0.29, 0.717) is 22.5 Å². The number of benzene rings is 3. The monoisotopic (exact) mass is 426 g/mol. The Morgan fingerprint density at radius 3 is 2.39 bits per heavy atom. The van der Waals surface area contributed by atoms with E-state index in [1.165, 1.54) is 11.3 Å². The number of aryl methyl sites for hydroxylation is 2. The van der Waals surface area contributed by atoms with Crippen molar-refractivity contribution in [2.75, 3.05) is 5.32 Å². The summed E-state index contributed by atoms with van der Waals surface area (Å²) in [6.07, 6.45) is 0. The van der Waals surface area contributed by atoms with Gasteiger partial charge in [-0.15, -0.1) is 10.2 Å². The molecule has 5 aromatic rings. The van der Waals surface area contributed by atoms with Crippen molar-refractivity contribution >= 4 is 32.6 Å². The van der Waals surface area contributed by atoms with Crippen LogP contribution < -0.4 is 5.32 Å². The predicted molar refractivity (Wildman–Crippen MR) is 122 cm³/mol. The van der Waals surface area contributed by atoms with E-state index in [-0.39, 0.29) is 5.91 Å². The van der Waals surface area contributed by atoms with Crippen LogP contribution in [0.5, 0.6) is 0 Å². The second-order valence-electron chi connectivity index (χ2n) is 7.20. The number of fused-ring (bicyclic) bond motifs is 1. The first kappa shape index (κ1) is 19.1. The predicted octanol–water partition coefficient (Wildman–Crippen LogP) is 5.88. The zero-order chi connectivity index (χ0) is 21.4. The summed E-state index contributed by atoms with van der Waals surface area (Å²) in [7, 11) is 0. The highest BCUT2D eigenvalue weighted by Gasteiger charge is 2.14. The fraction of sp³-hybridized carbons (Fsp3) is 0.0833. The first-order valence-electron chi connectivity index (χ1n) is 9.76. The van der Waals surface area contributed by atoms with Crippen LogP contribution in [0.3, 0.4) is 0 Å². The van der Waals surface area contributed by atoms with Gasteiger partial charge in [-0.3, -0.25) is 10.1 Å². The van der Waals surface area contributed by atoms with Gasteiger partial charge in [-0.25, -0.2) is 4.98 Å². The molecule has 0 aliphatic rings. The smallest absolute Gasteiger partial charge is 0.257 e. The zero-order valence-electron chi connectivity index (χ0n) is 16.9. The van der Waals surface area contributed by atoms with E-state index >= 15 is 0 Å². The Morgan fingerprint density at radius 2 is 1.61 bits per heavy atom. The van der Waals surface area contributed by atoms with Gasteiger partial charge in [0.1, 0.15) is 0 Å². The number of carbonyl (C=O) groups is 1. The van der Waals surface area contributed by atoms with E-state index in [1.807, 2.05) is 56.3 Å². The molecule has 0 atom stereocenters. The number of rotatable bonds is 4. The zero-order valence-corrected chi connectivity index (χ0v) is 17.7. The van der Waals surface area contributed by atoms with Gasteiger partial charge in [-0.2, -0.15) is 0 Å². The van der Waals surface area contributed by atoms with Crippen molar-refractivity contribution in [3.8, 4) is 22.9 Å². The third kappa shape index (κ3) is 3.71. The Hall–Kier alpha value is -3.84. The van der Waals surface area contributed by atoms with Gasteiger partial charge in [0.15, 0.2) is 5.13 Å². The minimum absolute atomic E-state index is 0.214. The van der Waals surface area contributed by atoms with Crippen LogP contribution in [0.2, 0.25) is 0 Å². The molecule has 31 heavy (non-hydrogen) atoms. The second kappa shape index (κ2) is 7.77. The van der Waals surface area contributed by atoms with E-state index < -0.39 is 0 Å². The van der Waals surface area contributed by atoms with Gasteiger partial charge in [0, 0.05) is 16.7 Å². The molecule has 0 aliphatic heterocycles. The molecule has 3 aromatic carbocycles. The number of hydrogen-bond donors (Lipinski definition) is 1. The van der Waals surface area contributed by atoms with Crippen molar-refractivity contribution < 1.29 is 9.21 Å². The summed E-state index contributed by atoms with van der Waals surface area (Å²) in [5, 5.41) is 11.8. The van der Waals surface area contributed by atoms with Crippen LogP contribution in [-0.4, -0.2) is 21.1 Å². The summed E-state index contributed by atoms with van der Waals surface area (Å²) >= 11 is 1.46. The van der Waals surface area contributed by atoms with Crippen molar-refractivity contribution in [3.63, 3.8) is 0 Å². The molecule has 0 saturated carbocycles. The Morgan fingerprint density at radius 1 is 0.871 bits per heavy atom. The summed E-state index contributed by atoms with van der Waals surface area (Å²) in [5.74, 6) is 0.669. The lowest BCUT2D eigenvalue weighted by Gasteiger charge is -2.02. The van der Waals surface area contributed by atoms with Crippen LogP contribution in [0.1, 0.15) is 21.5 Å². The molecule has 0 spiro atoms. The third-order valence-electron chi connectivity index (χ3n) is 5.04. The number of anilines is 1. The minimum Gasteiger partial charge on any atom is -0.416 e. The van der Waals surface area contributed by atoms with E-state index in [2.05, 4.69) is 20.5 Å². The van der Waals surface area contributed by atoms with E-state index in [0.717, 1.165) is 32.5 Å². The number of aromatic nitrogens is 3. The summed E-state index contributed by atoms with van der Waals surface area (Å²) in [6.45, 7) is 4.01. The number of thiazole rings is 1. The standard InChI is InChI=1S/C24H18N4O2S/c1-14-6-3-4-8-18(14)23-28-27-22(30-23)17-12-10-16(11-13-17)21(29)26-24-25-20-15(2)7-5-9-19(20)31-24/h3-13H,1-2H3,(H,25,26,29). The van der Waals surface area contributed by atoms with Crippen LogP contribution in [0.25, 0.3) is 33.1 Å². The van der Waals surface area contributed by atoms with Gasteiger partial charge in [-0.1, -0.05) is 41.7 Å². The molecule has 1 N–H and O–H groups in total. The van der Waals surface area contributed by atoms with Crippen LogP contribution in [0.4, 0.5) is 5.13 Å². The summed E-state index contributed by atoms with van der Waals surface area (Å²) in [4.78, 5) is 17.2. The first-order chi connectivity index (χ1) is 15.1. The number of nitrogens with one attached hydrogen (secondary N) is 1. The molecule has 1 amide bonds. The van der Waals surface area contributed by atoms with Crippen molar-refractivity contribution in [3.05, 3.63) is 83.4 Å². The van der Waals surface area contributed by atoms with E-state index in [4.69, 9.17) is 4.42 Å². The summed E-state index contributed by atoms with van der Waals surface area (Å²) in [6, 6.07) is 20.9. The molecule has 7 heteroatoms. The molecule has 0 fully saturated rings. The third-order valence-corrected chi connectivity index (χ3v) is 5.97. The lowest BCUT2D eigenvalue weighted by atomic mass is 10.1. The van der Waals surface area contributed by atoms with Gasteiger partial charge in [-0.05, 0) is 61.4 Å².